The Bertz CT molecular complexity index is 528. The van der Waals surface area contributed by atoms with E-state index in [1.807, 2.05) is 0 Å². The summed E-state index contributed by atoms with van der Waals surface area (Å²) in [6, 6.07) is 6.88. The first-order chi connectivity index (χ1) is 9.88. The highest BCUT2D eigenvalue weighted by Gasteiger charge is 2.35. The summed E-state index contributed by atoms with van der Waals surface area (Å²) in [6.45, 7) is 4.84. The molecule has 1 N–H and O–H groups in total. The summed E-state index contributed by atoms with van der Waals surface area (Å²) in [7, 11) is 0. The molecule has 1 heterocycles. The van der Waals surface area contributed by atoms with Gasteiger partial charge in [-0.15, -0.1) is 0 Å². The summed E-state index contributed by atoms with van der Waals surface area (Å²) in [5.41, 5.74) is -0.999. The minimum absolute atomic E-state index is 0.0262. The first-order valence-corrected chi connectivity index (χ1v) is 7.27. The van der Waals surface area contributed by atoms with Crippen molar-refractivity contribution in [2.75, 3.05) is 19.6 Å². The second kappa shape index (κ2) is 6.35. The van der Waals surface area contributed by atoms with E-state index in [-0.39, 0.29) is 11.8 Å². The van der Waals surface area contributed by atoms with E-state index in [1.165, 1.54) is 0 Å². The van der Waals surface area contributed by atoms with Crippen LogP contribution in [0, 0.1) is 0 Å². The van der Waals surface area contributed by atoms with Crippen molar-refractivity contribution in [2.45, 2.75) is 25.9 Å². The number of carbonyl (C=O) groups excluding carboxylic acids is 2. The number of benzene rings is 1. The van der Waals surface area contributed by atoms with E-state index in [9.17, 15) is 9.59 Å². The lowest BCUT2D eigenvalue weighted by Gasteiger charge is -2.31. The van der Waals surface area contributed by atoms with Crippen LogP contribution in [0.4, 0.5) is 0 Å². The standard InChI is InChI=1S/C15H19ClN2O3/c1-15(2,21-12-5-3-11(16)4-6-12)14(20)18-9-7-13(19)17-8-10-18/h3-6H,7-10H2,1-2H3,(H,17,19). The van der Waals surface area contributed by atoms with E-state index in [2.05, 4.69) is 5.32 Å². The average Bonchev–Trinajstić information content (AvgIpc) is 2.65. The van der Waals surface area contributed by atoms with Crippen LogP contribution < -0.4 is 10.1 Å². The van der Waals surface area contributed by atoms with Gasteiger partial charge in [0.25, 0.3) is 5.91 Å². The zero-order chi connectivity index (χ0) is 15.5. The molecule has 0 aromatic heterocycles. The first-order valence-electron chi connectivity index (χ1n) is 6.89. The molecule has 0 atom stereocenters. The highest BCUT2D eigenvalue weighted by atomic mass is 35.5. The lowest BCUT2D eigenvalue weighted by molar-refractivity contribution is -0.145. The maximum absolute atomic E-state index is 12.6. The Morgan fingerprint density at radius 1 is 1.29 bits per heavy atom. The number of nitrogens with zero attached hydrogens (tertiary/aromatic N) is 1. The SMILES string of the molecule is CC(C)(Oc1ccc(Cl)cc1)C(=O)N1CCNC(=O)CC1. The van der Waals surface area contributed by atoms with E-state index in [0.29, 0.717) is 36.8 Å². The summed E-state index contributed by atoms with van der Waals surface area (Å²) < 4.78 is 5.78. The monoisotopic (exact) mass is 310 g/mol. The molecule has 1 fully saturated rings. The summed E-state index contributed by atoms with van der Waals surface area (Å²) >= 11 is 5.83. The molecule has 21 heavy (non-hydrogen) atoms. The lowest BCUT2D eigenvalue weighted by Crippen LogP contribution is -2.49. The fraction of sp³-hybridized carbons (Fsp3) is 0.467. The van der Waals surface area contributed by atoms with Gasteiger partial charge in [0.2, 0.25) is 5.91 Å². The molecule has 0 saturated carbocycles. The van der Waals surface area contributed by atoms with Gasteiger partial charge in [-0.25, -0.2) is 0 Å². The van der Waals surface area contributed by atoms with Gasteiger partial charge < -0.3 is 15.0 Å². The van der Waals surface area contributed by atoms with E-state index in [0.717, 1.165) is 0 Å². The van der Waals surface area contributed by atoms with Gasteiger partial charge in [0.05, 0.1) is 0 Å². The number of amides is 2. The third kappa shape index (κ3) is 4.11. The third-order valence-corrected chi connectivity index (χ3v) is 3.55. The van der Waals surface area contributed by atoms with Gasteiger partial charge in [-0.3, -0.25) is 9.59 Å². The van der Waals surface area contributed by atoms with Crippen molar-refractivity contribution in [3.05, 3.63) is 29.3 Å². The summed E-state index contributed by atoms with van der Waals surface area (Å²) in [5, 5.41) is 3.36. The molecule has 1 aromatic rings. The van der Waals surface area contributed by atoms with Crippen LogP contribution in [0.3, 0.4) is 0 Å². The number of hydrogen-bond donors (Lipinski definition) is 1. The molecule has 0 aliphatic carbocycles. The van der Waals surface area contributed by atoms with Crippen LogP contribution in [0.25, 0.3) is 0 Å². The molecule has 1 saturated heterocycles. The van der Waals surface area contributed by atoms with Crippen molar-refractivity contribution in [3.8, 4) is 5.75 Å². The number of hydrogen-bond acceptors (Lipinski definition) is 3. The largest absolute Gasteiger partial charge is 0.478 e. The van der Waals surface area contributed by atoms with E-state index in [4.69, 9.17) is 16.3 Å². The van der Waals surface area contributed by atoms with Crippen LogP contribution in [0.2, 0.25) is 5.02 Å². The molecule has 2 amide bonds. The number of halogens is 1. The van der Waals surface area contributed by atoms with Gasteiger partial charge in [-0.2, -0.15) is 0 Å². The molecule has 1 aromatic carbocycles. The fourth-order valence-electron chi connectivity index (χ4n) is 2.19. The van der Waals surface area contributed by atoms with Gasteiger partial charge in [0, 0.05) is 31.1 Å². The number of rotatable bonds is 3. The highest BCUT2D eigenvalue weighted by Crippen LogP contribution is 2.22. The molecule has 1 aliphatic heterocycles. The van der Waals surface area contributed by atoms with Crippen molar-refractivity contribution < 1.29 is 14.3 Å². The lowest BCUT2D eigenvalue weighted by atomic mass is 10.1. The summed E-state index contributed by atoms with van der Waals surface area (Å²) in [6.07, 6.45) is 0.322. The second-order valence-corrected chi connectivity index (χ2v) is 5.89. The number of carbonyl (C=O) groups is 2. The quantitative estimate of drug-likeness (QED) is 0.927. The van der Waals surface area contributed by atoms with Gasteiger partial charge >= 0.3 is 0 Å². The molecule has 0 unspecified atom stereocenters. The molecule has 6 heteroatoms. The molecule has 0 bridgehead atoms. The van der Waals surface area contributed by atoms with Crippen molar-refractivity contribution in [1.29, 1.82) is 0 Å². The Labute approximate surface area is 129 Å². The van der Waals surface area contributed by atoms with Crippen molar-refractivity contribution in [1.82, 2.24) is 10.2 Å². The van der Waals surface area contributed by atoms with Gasteiger partial charge in [0.15, 0.2) is 5.60 Å². The molecule has 1 aliphatic rings. The molecular formula is C15H19ClN2O3. The molecular weight excluding hydrogens is 292 g/mol. The van der Waals surface area contributed by atoms with Crippen LogP contribution in [-0.2, 0) is 9.59 Å². The minimum Gasteiger partial charge on any atom is -0.478 e. The smallest absolute Gasteiger partial charge is 0.266 e. The van der Waals surface area contributed by atoms with Crippen molar-refractivity contribution in [3.63, 3.8) is 0 Å². The van der Waals surface area contributed by atoms with Crippen LogP contribution in [-0.4, -0.2) is 41.9 Å². The van der Waals surface area contributed by atoms with Crippen LogP contribution in [0.15, 0.2) is 24.3 Å². The molecule has 2 rings (SSSR count). The van der Waals surface area contributed by atoms with Crippen LogP contribution in [0.5, 0.6) is 5.75 Å². The zero-order valence-corrected chi connectivity index (χ0v) is 12.9. The van der Waals surface area contributed by atoms with Crippen LogP contribution in [0.1, 0.15) is 20.3 Å². The second-order valence-electron chi connectivity index (χ2n) is 5.46. The summed E-state index contributed by atoms with van der Waals surface area (Å²) in [5.74, 6) is 0.428. The Hall–Kier alpha value is -1.75. The van der Waals surface area contributed by atoms with Gasteiger partial charge in [0.1, 0.15) is 5.75 Å². The topological polar surface area (TPSA) is 58.6 Å². The molecule has 5 nitrogen and oxygen atoms in total. The molecule has 114 valence electrons. The van der Waals surface area contributed by atoms with Gasteiger partial charge in [-0.1, -0.05) is 11.6 Å². The van der Waals surface area contributed by atoms with Crippen LogP contribution >= 0.6 is 11.6 Å². The summed E-state index contributed by atoms with van der Waals surface area (Å²) in [4.78, 5) is 25.6. The Kier molecular flexibility index (Phi) is 4.73. The van der Waals surface area contributed by atoms with E-state index < -0.39 is 5.60 Å². The van der Waals surface area contributed by atoms with E-state index in [1.54, 1.807) is 43.0 Å². The Morgan fingerprint density at radius 3 is 2.62 bits per heavy atom. The molecule has 0 radical (unpaired) electrons. The maximum Gasteiger partial charge on any atom is 0.266 e. The third-order valence-electron chi connectivity index (χ3n) is 3.30. The van der Waals surface area contributed by atoms with E-state index >= 15 is 0 Å². The predicted octanol–water partition coefficient (Wildman–Crippen LogP) is 1.85. The minimum atomic E-state index is -0.999. The normalized spacial score (nSPS) is 16.1. The first kappa shape index (κ1) is 15.6. The fourth-order valence-corrected chi connectivity index (χ4v) is 2.32. The molecule has 0 spiro atoms. The predicted molar refractivity (Wildman–Crippen MR) is 80.4 cm³/mol. The number of nitrogens with one attached hydrogen (secondary N) is 1. The Balaban J connectivity index is 2.05. The average molecular weight is 311 g/mol. The van der Waals surface area contributed by atoms with Crippen molar-refractivity contribution in [2.24, 2.45) is 0 Å². The number of ether oxygens (including phenoxy) is 1. The Morgan fingerprint density at radius 2 is 1.95 bits per heavy atom. The zero-order valence-electron chi connectivity index (χ0n) is 12.2. The van der Waals surface area contributed by atoms with Crippen molar-refractivity contribution >= 4 is 23.4 Å². The highest BCUT2D eigenvalue weighted by molar-refractivity contribution is 6.30. The maximum atomic E-state index is 12.6. The van der Waals surface area contributed by atoms with Gasteiger partial charge in [-0.05, 0) is 38.1 Å².